The number of hydrogen-bond donors (Lipinski definition) is 1. The van der Waals surface area contributed by atoms with Crippen molar-refractivity contribution in [1.82, 2.24) is 9.80 Å². The van der Waals surface area contributed by atoms with Gasteiger partial charge in [0, 0.05) is 17.1 Å². The van der Waals surface area contributed by atoms with Crippen molar-refractivity contribution in [1.29, 1.82) is 0 Å². The molecule has 1 heterocycles. The molecule has 0 aliphatic carbocycles. The van der Waals surface area contributed by atoms with Crippen molar-refractivity contribution < 1.29 is 5.11 Å². The largest absolute Gasteiger partial charge is 0.388 e. The second-order valence-electron chi connectivity index (χ2n) is 5.84. The van der Waals surface area contributed by atoms with Crippen molar-refractivity contribution >= 4 is 15.9 Å². The zero-order valence-corrected chi connectivity index (χ0v) is 14.0. The van der Waals surface area contributed by atoms with Gasteiger partial charge in [-0.1, -0.05) is 34.1 Å². The van der Waals surface area contributed by atoms with Crippen LogP contribution in [0.3, 0.4) is 0 Å². The van der Waals surface area contributed by atoms with Crippen molar-refractivity contribution in [2.75, 3.05) is 33.7 Å². The molecule has 20 heavy (non-hydrogen) atoms. The standard InChI is InChI=1S/C16H25BrN2O/c1-18-10-7-13(8-11-18)19(2)12-9-16(20)14-5-3-4-6-15(14)17/h3-6,13,16,20H,7-12H2,1-2H3. The van der Waals surface area contributed by atoms with Gasteiger partial charge in [-0.3, -0.25) is 0 Å². The van der Waals surface area contributed by atoms with Crippen LogP contribution in [0.4, 0.5) is 0 Å². The highest BCUT2D eigenvalue weighted by Crippen LogP contribution is 2.26. The number of benzene rings is 1. The molecule has 0 aromatic heterocycles. The highest BCUT2D eigenvalue weighted by atomic mass is 79.9. The van der Waals surface area contributed by atoms with Gasteiger partial charge in [-0.2, -0.15) is 0 Å². The van der Waals surface area contributed by atoms with Crippen LogP contribution < -0.4 is 0 Å². The Morgan fingerprint density at radius 1 is 1.35 bits per heavy atom. The molecule has 0 spiro atoms. The minimum atomic E-state index is -0.390. The molecule has 1 N–H and O–H groups in total. The van der Waals surface area contributed by atoms with E-state index in [4.69, 9.17) is 0 Å². The fourth-order valence-electron chi connectivity index (χ4n) is 2.85. The van der Waals surface area contributed by atoms with E-state index in [1.165, 1.54) is 25.9 Å². The Morgan fingerprint density at radius 3 is 2.65 bits per heavy atom. The summed E-state index contributed by atoms with van der Waals surface area (Å²) >= 11 is 3.51. The highest BCUT2D eigenvalue weighted by Gasteiger charge is 2.21. The number of likely N-dealkylation sites (tertiary alicyclic amines) is 1. The lowest BCUT2D eigenvalue weighted by Crippen LogP contribution is -2.42. The number of halogens is 1. The fraction of sp³-hybridized carbons (Fsp3) is 0.625. The number of piperidine rings is 1. The molecule has 0 radical (unpaired) electrons. The van der Waals surface area contributed by atoms with Crippen LogP contribution in [0.1, 0.15) is 30.9 Å². The third-order valence-corrected chi connectivity index (χ3v) is 5.05. The summed E-state index contributed by atoms with van der Waals surface area (Å²) < 4.78 is 0.995. The molecule has 0 bridgehead atoms. The van der Waals surface area contributed by atoms with Gasteiger partial charge in [-0.15, -0.1) is 0 Å². The van der Waals surface area contributed by atoms with Gasteiger partial charge in [0.25, 0.3) is 0 Å². The normalized spacial score (nSPS) is 19.4. The maximum atomic E-state index is 10.3. The molecule has 112 valence electrons. The van der Waals surface area contributed by atoms with E-state index >= 15 is 0 Å². The summed E-state index contributed by atoms with van der Waals surface area (Å²) in [5.74, 6) is 0. The molecule has 0 amide bonds. The van der Waals surface area contributed by atoms with E-state index in [0.717, 1.165) is 23.0 Å². The molecule has 1 unspecified atom stereocenters. The van der Waals surface area contributed by atoms with Gasteiger partial charge in [0.1, 0.15) is 0 Å². The van der Waals surface area contributed by atoms with Crippen LogP contribution in [0.5, 0.6) is 0 Å². The van der Waals surface area contributed by atoms with E-state index < -0.39 is 0 Å². The van der Waals surface area contributed by atoms with Crippen molar-refractivity contribution in [3.63, 3.8) is 0 Å². The van der Waals surface area contributed by atoms with E-state index in [1.54, 1.807) is 0 Å². The molecule has 1 saturated heterocycles. The van der Waals surface area contributed by atoms with Crippen LogP contribution in [0, 0.1) is 0 Å². The van der Waals surface area contributed by atoms with Gasteiger partial charge in [0.05, 0.1) is 6.10 Å². The number of nitrogens with zero attached hydrogens (tertiary/aromatic N) is 2. The topological polar surface area (TPSA) is 26.7 Å². The molecule has 1 aliphatic rings. The fourth-order valence-corrected chi connectivity index (χ4v) is 3.39. The summed E-state index contributed by atoms with van der Waals surface area (Å²) in [7, 11) is 4.37. The Labute approximate surface area is 130 Å². The molecule has 1 atom stereocenters. The summed E-state index contributed by atoms with van der Waals surface area (Å²) in [5.41, 5.74) is 0.990. The Kier molecular flexibility index (Phi) is 6.02. The van der Waals surface area contributed by atoms with Crippen LogP contribution in [-0.4, -0.2) is 54.7 Å². The van der Waals surface area contributed by atoms with Crippen molar-refractivity contribution in [3.05, 3.63) is 34.3 Å². The van der Waals surface area contributed by atoms with Gasteiger partial charge in [-0.25, -0.2) is 0 Å². The van der Waals surface area contributed by atoms with Crippen LogP contribution in [0.25, 0.3) is 0 Å². The molecule has 1 aromatic rings. The Hall–Kier alpha value is -0.420. The second-order valence-corrected chi connectivity index (χ2v) is 6.70. The number of aliphatic hydroxyl groups excluding tert-OH is 1. The van der Waals surface area contributed by atoms with E-state index in [0.29, 0.717) is 6.04 Å². The number of aliphatic hydroxyl groups is 1. The average molecular weight is 341 g/mol. The zero-order chi connectivity index (χ0) is 14.5. The molecule has 1 aliphatic heterocycles. The van der Waals surface area contributed by atoms with Gasteiger partial charge < -0.3 is 14.9 Å². The Bertz CT molecular complexity index is 419. The molecular formula is C16H25BrN2O. The quantitative estimate of drug-likeness (QED) is 0.892. The lowest BCUT2D eigenvalue weighted by Gasteiger charge is -2.35. The average Bonchev–Trinajstić information content (AvgIpc) is 2.45. The first-order chi connectivity index (χ1) is 9.58. The van der Waals surface area contributed by atoms with Gasteiger partial charge in [0.2, 0.25) is 0 Å². The first kappa shape index (κ1) is 16.0. The molecule has 3 nitrogen and oxygen atoms in total. The van der Waals surface area contributed by atoms with Crippen LogP contribution in [0.15, 0.2) is 28.7 Å². The number of hydrogen-bond acceptors (Lipinski definition) is 3. The van der Waals surface area contributed by atoms with E-state index in [2.05, 4.69) is 39.8 Å². The van der Waals surface area contributed by atoms with Crippen LogP contribution in [0.2, 0.25) is 0 Å². The van der Waals surface area contributed by atoms with E-state index in [9.17, 15) is 5.11 Å². The Balaban J connectivity index is 1.81. The first-order valence-corrected chi connectivity index (χ1v) is 8.18. The summed E-state index contributed by atoms with van der Waals surface area (Å²) in [6.07, 6.45) is 2.86. The number of rotatable bonds is 5. The Morgan fingerprint density at radius 2 is 2.00 bits per heavy atom. The van der Waals surface area contributed by atoms with Gasteiger partial charge >= 0.3 is 0 Å². The minimum Gasteiger partial charge on any atom is -0.388 e. The van der Waals surface area contributed by atoms with E-state index in [1.807, 2.05) is 24.3 Å². The van der Waals surface area contributed by atoms with Crippen molar-refractivity contribution in [2.24, 2.45) is 0 Å². The molecule has 1 aromatic carbocycles. The van der Waals surface area contributed by atoms with Gasteiger partial charge in [0.15, 0.2) is 0 Å². The molecule has 0 saturated carbocycles. The highest BCUT2D eigenvalue weighted by molar-refractivity contribution is 9.10. The summed E-state index contributed by atoms with van der Waals surface area (Å²) in [5, 5.41) is 10.3. The zero-order valence-electron chi connectivity index (χ0n) is 12.4. The predicted octanol–water partition coefficient (Wildman–Crippen LogP) is 2.90. The summed E-state index contributed by atoms with van der Waals surface area (Å²) in [4.78, 5) is 4.80. The molecule has 1 fully saturated rings. The molecular weight excluding hydrogens is 316 g/mol. The van der Waals surface area contributed by atoms with Crippen LogP contribution >= 0.6 is 15.9 Å². The third kappa shape index (κ3) is 4.29. The smallest absolute Gasteiger partial charge is 0.0813 e. The van der Waals surface area contributed by atoms with Crippen LogP contribution in [-0.2, 0) is 0 Å². The monoisotopic (exact) mass is 340 g/mol. The SMILES string of the molecule is CN1CCC(N(C)CCC(O)c2ccccc2Br)CC1. The first-order valence-electron chi connectivity index (χ1n) is 7.39. The predicted molar refractivity (Wildman–Crippen MR) is 86.9 cm³/mol. The third-order valence-electron chi connectivity index (χ3n) is 4.33. The second kappa shape index (κ2) is 7.55. The molecule has 4 heteroatoms. The maximum Gasteiger partial charge on any atom is 0.0813 e. The lowest BCUT2D eigenvalue weighted by atomic mass is 10.0. The minimum absolute atomic E-state index is 0.390. The lowest BCUT2D eigenvalue weighted by molar-refractivity contribution is 0.109. The van der Waals surface area contributed by atoms with E-state index in [-0.39, 0.29) is 6.10 Å². The summed E-state index contributed by atoms with van der Waals surface area (Å²) in [6, 6.07) is 8.59. The van der Waals surface area contributed by atoms with Gasteiger partial charge in [-0.05, 0) is 58.1 Å². The molecule has 2 rings (SSSR count). The maximum absolute atomic E-state index is 10.3. The van der Waals surface area contributed by atoms with Crippen molar-refractivity contribution in [3.8, 4) is 0 Å². The van der Waals surface area contributed by atoms with Crippen molar-refractivity contribution in [2.45, 2.75) is 31.4 Å². The summed E-state index contributed by atoms with van der Waals surface area (Å²) in [6.45, 7) is 3.31.